The SMILES string of the molecule is COc1ccccc1[C@@H](CNC(=O)[C@H](NS(=O)(=O)c1ccc(C)cc1)C(C)C)N1CCCC1. The van der Waals surface area contributed by atoms with Crippen molar-refractivity contribution in [1.82, 2.24) is 14.9 Å². The maximum Gasteiger partial charge on any atom is 0.241 e. The first kappa shape index (κ1) is 25.2. The number of carbonyl (C=O) groups excluding carboxylic acids is 1. The predicted octanol–water partition coefficient (Wildman–Crippen LogP) is 3.26. The highest BCUT2D eigenvalue weighted by atomic mass is 32.2. The Morgan fingerprint density at radius 1 is 1.06 bits per heavy atom. The van der Waals surface area contributed by atoms with E-state index >= 15 is 0 Å². The predicted molar refractivity (Wildman–Crippen MR) is 130 cm³/mol. The van der Waals surface area contributed by atoms with Gasteiger partial charge in [-0.25, -0.2) is 8.42 Å². The quantitative estimate of drug-likeness (QED) is 0.553. The van der Waals surface area contributed by atoms with E-state index in [9.17, 15) is 13.2 Å². The summed E-state index contributed by atoms with van der Waals surface area (Å²) in [5, 5.41) is 3.01. The molecule has 3 rings (SSSR count). The number of sulfonamides is 1. The van der Waals surface area contributed by atoms with Crippen molar-refractivity contribution >= 4 is 15.9 Å². The highest BCUT2D eigenvalue weighted by Crippen LogP contribution is 2.31. The summed E-state index contributed by atoms with van der Waals surface area (Å²) in [6, 6.07) is 13.5. The van der Waals surface area contributed by atoms with Crippen molar-refractivity contribution in [3.05, 3.63) is 59.7 Å². The molecule has 0 aliphatic carbocycles. The highest BCUT2D eigenvalue weighted by molar-refractivity contribution is 7.89. The zero-order valence-electron chi connectivity index (χ0n) is 19.9. The summed E-state index contributed by atoms with van der Waals surface area (Å²) < 4.78 is 34.0. The Morgan fingerprint density at radius 2 is 1.70 bits per heavy atom. The van der Waals surface area contributed by atoms with Crippen LogP contribution in [0.25, 0.3) is 0 Å². The van der Waals surface area contributed by atoms with Crippen LogP contribution in [0.4, 0.5) is 0 Å². The van der Waals surface area contributed by atoms with Crippen LogP contribution in [-0.2, 0) is 14.8 Å². The van der Waals surface area contributed by atoms with E-state index in [0.717, 1.165) is 42.8 Å². The van der Waals surface area contributed by atoms with Gasteiger partial charge in [-0.1, -0.05) is 49.7 Å². The minimum atomic E-state index is -3.82. The Bertz CT molecular complexity index is 1030. The van der Waals surface area contributed by atoms with Crippen molar-refractivity contribution in [3.8, 4) is 5.75 Å². The molecule has 180 valence electrons. The van der Waals surface area contributed by atoms with Gasteiger partial charge in [-0.3, -0.25) is 9.69 Å². The number of amides is 1. The van der Waals surface area contributed by atoms with Gasteiger partial charge >= 0.3 is 0 Å². The first-order valence-electron chi connectivity index (χ1n) is 11.5. The number of ether oxygens (including phenoxy) is 1. The van der Waals surface area contributed by atoms with Crippen molar-refractivity contribution in [1.29, 1.82) is 0 Å². The molecule has 0 unspecified atom stereocenters. The molecule has 2 aromatic rings. The summed E-state index contributed by atoms with van der Waals surface area (Å²) >= 11 is 0. The van der Waals surface area contributed by atoms with Crippen LogP contribution in [0.5, 0.6) is 5.75 Å². The molecule has 2 atom stereocenters. The lowest BCUT2D eigenvalue weighted by Crippen LogP contribution is -2.51. The monoisotopic (exact) mass is 473 g/mol. The molecule has 2 N–H and O–H groups in total. The molecule has 1 saturated heterocycles. The van der Waals surface area contributed by atoms with Crippen molar-refractivity contribution in [2.45, 2.75) is 50.6 Å². The van der Waals surface area contributed by atoms with E-state index in [-0.39, 0.29) is 22.8 Å². The van der Waals surface area contributed by atoms with Crippen LogP contribution in [0, 0.1) is 12.8 Å². The molecular weight excluding hydrogens is 438 g/mol. The largest absolute Gasteiger partial charge is 0.496 e. The molecule has 0 aromatic heterocycles. The van der Waals surface area contributed by atoms with Gasteiger partial charge in [0.2, 0.25) is 15.9 Å². The first-order chi connectivity index (χ1) is 15.7. The lowest BCUT2D eigenvalue weighted by Gasteiger charge is -2.30. The minimum Gasteiger partial charge on any atom is -0.496 e. The molecule has 1 amide bonds. The third-order valence-corrected chi connectivity index (χ3v) is 7.57. The van der Waals surface area contributed by atoms with Crippen molar-refractivity contribution in [3.63, 3.8) is 0 Å². The van der Waals surface area contributed by atoms with E-state index in [1.54, 1.807) is 31.4 Å². The van der Waals surface area contributed by atoms with Crippen LogP contribution in [0.2, 0.25) is 0 Å². The minimum absolute atomic E-state index is 0.0471. The first-order valence-corrected chi connectivity index (χ1v) is 12.9. The fourth-order valence-corrected chi connectivity index (χ4v) is 5.53. The zero-order valence-corrected chi connectivity index (χ0v) is 20.7. The van der Waals surface area contributed by atoms with Crippen LogP contribution in [0.1, 0.15) is 43.9 Å². The number of nitrogens with one attached hydrogen (secondary N) is 2. The van der Waals surface area contributed by atoms with Gasteiger partial charge in [-0.15, -0.1) is 0 Å². The van der Waals surface area contributed by atoms with Crippen LogP contribution in [-0.4, -0.2) is 52.0 Å². The third-order valence-electron chi connectivity index (χ3n) is 6.11. The summed E-state index contributed by atoms with van der Waals surface area (Å²) in [6.45, 7) is 7.83. The topological polar surface area (TPSA) is 87.7 Å². The molecule has 1 fully saturated rings. The van der Waals surface area contributed by atoms with E-state index in [2.05, 4.69) is 14.9 Å². The average molecular weight is 474 g/mol. The summed E-state index contributed by atoms with van der Waals surface area (Å²) in [5.41, 5.74) is 1.99. The van der Waals surface area contributed by atoms with Gasteiger partial charge in [-0.05, 0) is 57.0 Å². The Hall–Kier alpha value is -2.42. The fraction of sp³-hybridized carbons (Fsp3) is 0.480. The molecule has 1 aliphatic heterocycles. The molecule has 0 radical (unpaired) electrons. The van der Waals surface area contributed by atoms with Crippen LogP contribution in [0.3, 0.4) is 0 Å². The van der Waals surface area contributed by atoms with Crippen molar-refractivity contribution in [2.24, 2.45) is 5.92 Å². The molecule has 8 heteroatoms. The van der Waals surface area contributed by atoms with Gasteiger partial charge in [0, 0.05) is 12.1 Å². The normalized spacial score (nSPS) is 16.5. The Balaban J connectivity index is 1.76. The number of benzene rings is 2. The van der Waals surface area contributed by atoms with E-state index in [1.807, 2.05) is 45.0 Å². The molecular formula is C25H35N3O4S. The summed E-state index contributed by atoms with van der Waals surface area (Å²) in [4.78, 5) is 15.7. The van der Waals surface area contributed by atoms with E-state index in [0.29, 0.717) is 6.54 Å². The Labute approximate surface area is 197 Å². The standard InChI is InChI=1S/C25H35N3O4S/c1-18(2)24(27-33(30,31)20-13-11-19(3)12-14-20)25(29)26-17-22(28-15-7-8-16-28)21-9-5-6-10-23(21)32-4/h5-6,9-14,18,22,24,27H,7-8,15-17H2,1-4H3,(H,26,29)/t22-,24-/m1/s1. The molecule has 0 bridgehead atoms. The maximum atomic E-state index is 13.2. The number of hydrogen-bond acceptors (Lipinski definition) is 5. The van der Waals surface area contributed by atoms with Gasteiger partial charge < -0.3 is 10.1 Å². The second kappa shape index (κ2) is 11.1. The molecule has 0 spiro atoms. The number of hydrogen-bond donors (Lipinski definition) is 2. The number of nitrogens with zero attached hydrogens (tertiary/aromatic N) is 1. The molecule has 2 aromatic carbocycles. The molecule has 1 heterocycles. The van der Waals surface area contributed by atoms with Gasteiger partial charge in [-0.2, -0.15) is 4.72 Å². The number of methoxy groups -OCH3 is 1. The Morgan fingerprint density at radius 3 is 2.30 bits per heavy atom. The zero-order chi connectivity index (χ0) is 24.0. The fourth-order valence-electron chi connectivity index (χ4n) is 4.18. The lowest BCUT2D eigenvalue weighted by atomic mass is 10.0. The Kier molecular flexibility index (Phi) is 8.51. The summed E-state index contributed by atoms with van der Waals surface area (Å²) in [5.74, 6) is 0.227. The van der Waals surface area contributed by atoms with Gasteiger partial charge in [0.1, 0.15) is 11.8 Å². The number of likely N-dealkylation sites (tertiary alicyclic amines) is 1. The number of carbonyl (C=O) groups is 1. The lowest BCUT2D eigenvalue weighted by molar-refractivity contribution is -0.123. The molecule has 0 saturated carbocycles. The van der Waals surface area contributed by atoms with Gasteiger partial charge in [0.25, 0.3) is 0 Å². The molecule has 7 nitrogen and oxygen atoms in total. The van der Waals surface area contributed by atoms with Gasteiger partial charge in [0.15, 0.2) is 0 Å². The number of aryl methyl sites for hydroxylation is 1. The third kappa shape index (κ3) is 6.34. The number of rotatable bonds is 10. The van der Waals surface area contributed by atoms with E-state index in [4.69, 9.17) is 4.74 Å². The van der Waals surface area contributed by atoms with Gasteiger partial charge in [0.05, 0.1) is 18.0 Å². The number of para-hydroxylation sites is 1. The molecule has 1 aliphatic rings. The second-order valence-corrected chi connectivity index (χ2v) is 10.6. The summed E-state index contributed by atoms with van der Waals surface area (Å²) in [7, 11) is -2.18. The van der Waals surface area contributed by atoms with Crippen LogP contribution in [0.15, 0.2) is 53.4 Å². The smallest absolute Gasteiger partial charge is 0.241 e. The second-order valence-electron chi connectivity index (χ2n) is 8.90. The molecule has 33 heavy (non-hydrogen) atoms. The van der Waals surface area contributed by atoms with E-state index < -0.39 is 16.1 Å². The van der Waals surface area contributed by atoms with Crippen LogP contribution >= 0.6 is 0 Å². The summed E-state index contributed by atoms with van der Waals surface area (Å²) in [6.07, 6.45) is 2.23. The van der Waals surface area contributed by atoms with Crippen molar-refractivity contribution in [2.75, 3.05) is 26.7 Å². The van der Waals surface area contributed by atoms with E-state index in [1.165, 1.54) is 0 Å². The maximum absolute atomic E-state index is 13.2. The highest BCUT2D eigenvalue weighted by Gasteiger charge is 2.31. The van der Waals surface area contributed by atoms with Crippen molar-refractivity contribution < 1.29 is 17.9 Å². The van der Waals surface area contributed by atoms with Crippen LogP contribution < -0.4 is 14.8 Å². The average Bonchev–Trinajstić information content (AvgIpc) is 3.32.